The second-order valence-corrected chi connectivity index (χ2v) is 11.0. The molecule has 1 unspecified atom stereocenters. The lowest BCUT2D eigenvalue weighted by molar-refractivity contribution is -0.161. The van der Waals surface area contributed by atoms with Crippen LogP contribution >= 0.6 is 0 Å². The fourth-order valence-electron chi connectivity index (χ4n) is 4.17. The van der Waals surface area contributed by atoms with Crippen LogP contribution in [-0.2, 0) is 19.1 Å². The number of hydrogen-bond donors (Lipinski definition) is 1. The smallest absolute Gasteiger partial charge is 0.306 e. The lowest BCUT2D eigenvalue weighted by atomic mass is 10.1. The molecule has 0 aliphatic carbocycles. The maximum Gasteiger partial charge on any atom is 0.306 e. The highest BCUT2D eigenvalue weighted by atomic mass is 16.6. The van der Waals surface area contributed by atoms with E-state index >= 15 is 0 Å². The van der Waals surface area contributed by atoms with Crippen molar-refractivity contribution in [1.82, 2.24) is 0 Å². The van der Waals surface area contributed by atoms with E-state index in [1.165, 1.54) is 6.42 Å². The van der Waals surface area contributed by atoms with Crippen molar-refractivity contribution in [2.24, 2.45) is 0 Å². The van der Waals surface area contributed by atoms with Crippen molar-refractivity contribution >= 4 is 11.9 Å². The van der Waals surface area contributed by atoms with Gasteiger partial charge >= 0.3 is 11.9 Å². The minimum absolute atomic E-state index is 0.0944. The normalized spacial score (nSPS) is 13.4. The molecule has 0 aliphatic heterocycles. The fourth-order valence-corrected chi connectivity index (χ4v) is 4.17. The van der Waals surface area contributed by atoms with Crippen molar-refractivity contribution in [3.63, 3.8) is 0 Å². The van der Waals surface area contributed by atoms with Crippen molar-refractivity contribution in [3.8, 4) is 0 Å². The molecule has 0 fully saturated rings. The van der Waals surface area contributed by atoms with Crippen LogP contribution in [0.1, 0.15) is 123 Å². The molecule has 0 aromatic carbocycles. The molecule has 0 aromatic heterocycles. The van der Waals surface area contributed by atoms with Crippen LogP contribution in [-0.4, -0.2) is 36.4 Å². The molecule has 5 nitrogen and oxygen atoms in total. The molecule has 0 aliphatic rings. The molecule has 0 rings (SSSR count). The minimum Gasteiger partial charge on any atom is -0.462 e. The first kappa shape index (κ1) is 41.8. The van der Waals surface area contributed by atoms with Crippen LogP contribution in [0.15, 0.2) is 97.2 Å². The van der Waals surface area contributed by atoms with Gasteiger partial charge in [0.2, 0.25) is 0 Å². The summed E-state index contributed by atoms with van der Waals surface area (Å²) in [5, 5.41) is 9.52. The molecule has 0 radical (unpaired) electrons. The predicted octanol–water partition coefficient (Wildman–Crippen LogP) is 10.6. The number of ether oxygens (including phenoxy) is 2. The van der Waals surface area contributed by atoms with E-state index in [1.54, 1.807) is 0 Å². The van der Waals surface area contributed by atoms with Gasteiger partial charge in [0, 0.05) is 12.8 Å². The van der Waals surface area contributed by atoms with Gasteiger partial charge in [-0.2, -0.15) is 0 Å². The number of rotatable bonds is 29. The zero-order chi connectivity index (χ0) is 32.9. The SMILES string of the molecule is CC/C=C/C=C/C=C/CCCCCCCC(=O)OCC(CO)OC(=O)CCCCCCC/C=C/C=C/C=C/C=C/C=C/CCC. The second-order valence-electron chi connectivity index (χ2n) is 11.0. The summed E-state index contributed by atoms with van der Waals surface area (Å²) >= 11 is 0. The van der Waals surface area contributed by atoms with Gasteiger partial charge in [0.25, 0.3) is 0 Å². The van der Waals surface area contributed by atoms with Gasteiger partial charge in [-0.1, -0.05) is 156 Å². The van der Waals surface area contributed by atoms with E-state index < -0.39 is 6.10 Å². The summed E-state index contributed by atoms with van der Waals surface area (Å²) in [7, 11) is 0. The van der Waals surface area contributed by atoms with Crippen molar-refractivity contribution in [1.29, 1.82) is 0 Å². The van der Waals surface area contributed by atoms with E-state index in [1.807, 2.05) is 42.5 Å². The number of aliphatic hydroxyl groups excluding tert-OH is 1. The maximum atomic E-state index is 12.1. The van der Waals surface area contributed by atoms with Crippen LogP contribution in [0.2, 0.25) is 0 Å². The third kappa shape index (κ3) is 33.5. The zero-order valence-corrected chi connectivity index (χ0v) is 28.3. The van der Waals surface area contributed by atoms with Crippen LogP contribution in [0, 0.1) is 0 Å². The number of allylic oxidation sites excluding steroid dienone is 16. The first-order chi connectivity index (χ1) is 22.1. The number of unbranched alkanes of at least 4 members (excludes halogenated alkanes) is 11. The molecule has 0 bridgehead atoms. The number of esters is 2. The first-order valence-electron chi connectivity index (χ1n) is 17.4. The summed E-state index contributed by atoms with van der Waals surface area (Å²) < 4.78 is 10.5. The Morgan fingerprint density at radius 2 is 0.956 bits per heavy atom. The minimum atomic E-state index is -0.799. The van der Waals surface area contributed by atoms with Crippen molar-refractivity contribution in [2.75, 3.05) is 13.2 Å². The molecule has 1 N–H and O–H groups in total. The average molecular weight is 623 g/mol. The Balaban J connectivity index is 3.73. The van der Waals surface area contributed by atoms with Gasteiger partial charge in [-0.3, -0.25) is 9.59 Å². The Bertz CT molecular complexity index is 932. The summed E-state index contributed by atoms with van der Waals surface area (Å²) in [6.45, 7) is 3.84. The van der Waals surface area contributed by atoms with E-state index in [0.717, 1.165) is 89.9 Å². The quantitative estimate of drug-likeness (QED) is 0.0510. The number of aliphatic hydroxyl groups is 1. The molecule has 45 heavy (non-hydrogen) atoms. The lowest BCUT2D eigenvalue weighted by Crippen LogP contribution is -2.28. The van der Waals surface area contributed by atoms with Crippen molar-refractivity contribution < 1.29 is 24.2 Å². The molecule has 0 saturated carbocycles. The molecule has 0 saturated heterocycles. The van der Waals surface area contributed by atoms with Crippen LogP contribution in [0.3, 0.4) is 0 Å². The van der Waals surface area contributed by atoms with Gasteiger partial charge in [-0.05, 0) is 51.4 Å². The summed E-state index contributed by atoms with van der Waals surface area (Å²) in [5.74, 6) is -0.658. The van der Waals surface area contributed by atoms with E-state index in [4.69, 9.17) is 9.47 Å². The standard InChI is InChI=1S/C40H62O5/c1-3-5-7-9-11-13-15-17-18-19-20-21-23-25-27-29-31-33-35-40(43)45-38(36-41)37-44-39(42)34-32-30-28-26-24-22-16-14-12-10-8-6-4-2/h6-21,38,41H,3-5,22-37H2,1-2H3/b8-6+,9-7+,12-10+,13-11+,16-14+,17-15+,19-18+,21-20+. The Hall–Kier alpha value is -3.18. The number of hydrogen-bond acceptors (Lipinski definition) is 5. The maximum absolute atomic E-state index is 12.1. The Morgan fingerprint density at radius 1 is 0.533 bits per heavy atom. The Morgan fingerprint density at radius 3 is 1.44 bits per heavy atom. The van der Waals surface area contributed by atoms with Gasteiger partial charge in [-0.15, -0.1) is 0 Å². The molecule has 0 heterocycles. The number of carbonyl (C=O) groups excluding carboxylic acids is 2. The highest BCUT2D eigenvalue weighted by molar-refractivity contribution is 5.70. The topological polar surface area (TPSA) is 72.8 Å². The van der Waals surface area contributed by atoms with Gasteiger partial charge in [0.15, 0.2) is 6.10 Å². The first-order valence-corrected chi connectivity index (χ1v) is 17.4. The second kappa shape index (κ2) is 35.3. The van der Waals surface area contributed by atoms with Crippen molar-refractivity contribution in [3.05, 3.63) is 97.2 Å². The third-order valence-corrected chi connectivity index (χ3v) is 6.78. The monoisotopic (exact) mass is 622 g/mol. The van der Waals surface area contributed by atoms with E-state index in [0.29, 0.717) is 12.8 Å². The number of carbonyl (C=O) groups is 2. The summed E-state index contributed by atoms with van der Waals surface area (Å²) in [4.78, 5) is 24.2. The average Bonchev–Trinajstić information content (AvgIpc) is 3.04. The summed E-state index contributed by atoms with van der Waals surface area (Å²) in [5.41, 5.74) is 0. The summed E-state index contributed by atoms with van der Waals surface area (Å²) in [6, 6.07) is 0. The largest absolute Gasteiger partial charge is 0.462 e. The zero-order valence-electron chi connectivity index (χ0n) is 28.3. The molecule has 0 amide bonds. The molecular formula is C40H62O5. The van der Waals surface area contributed by atoms with E-state index in [9.17, 15) is 14.7 Å². The Labute approximate surface area is 275 Å². The van der Waals surface area contributed by atoms with Gasteiger partial charge < -0.3 is 14.6 Å². The van der Waals surface area contributed by atoms with E-state index in [2.05, 4.69) is 68.5 Å². The molecule has 5 heteroatoms. The van der Waals surface area contributed by atoms with Gasteiger partial charge in [0.1, 0.15) is 6.61 Å². The van der Waals surface area contributed by atoms with Gasteiger partial charge in [-0.25, -0.2) is 0 Å². The fraction of sp³-hybridized carbons (Fsp3) is 0.550. The highest BCUT2D eigenvalue weighted by Gasteiger charge is 2.16. The Kier molecular flexibility index (Phi) is 32.8. The van der Waals surface area contributed by atoms with Crippen LogP contribution in [0.25, 0.3) is 0 Å². The highest BCUT2D eigenvalue weighted by Crippen LogP contribution is 2.11. The van der Waals surface area contributed by atoms with Crippen molar-refractivity contribution in [2.45, 2.75) is 129 Å². The molecule has 0 aromatic rings. The van der Waals surface area contributed by atoms with Crippen LogP contribution in [0.4, 0.5) is 0 Å². The molecular weight excluding hydrogens is 560 g/mol. The molecule has 1 atom stereocenters. The lowest BCUT2D eigenvalue weighted by Gasteiger charge is -2.15. The third-order valence-electron chi connectivity index (χ3n) is 6.78. The van der Waals surface area contributed by atoms with Crippen LogP contribution < -0.4 is 0 Å². The molecule has 252 valence electrons. The predicted molar refractivity (Wildman–Crippen MR) is 191 cm³/mol. The van der Waals surface area contributed by atoms with Crippen LogP contribution in [0.5, 0.6) is 0 Å². The van der Waals surface area contributed by atoms with E-state index in [-0.39, 0.29) is 25.2 Å². The van der Waals surface area contributed by atoms with Gasteiger partial charge in [0.05, 0.1) is 6.61 Å². The summed E-state index contributed by atoms with van der Waals surface area (Å²) in [6.07, 6.45) is 48.8. The molecule has 0 spiro atoms.